The van der Waals surface area contributed by atoms with E-state index in [9.17, 15) is 4.79 Å². The standard InChI is InChI=1S/C15H17BrN2O3/c1-7(2)9-5-10(16)8(3)13(14(9)21-4)11-6-12(15(19)20)18-17-11/h5-7H,1-4H3,(H,17,18)(H,19,20). The molecule has 0 atom stereocenters. The Hall–Kier alpha value is -1.82. The van der Waals surface area contributed by atoms with Gasteiger partial charge in [0.2, 0.25) is 0 Å². The van der Waals surface area contributed by atoms with Crippen LogP contribution in [0.15, 0.2) is 16.6 Å². The molecule has 0 aliphatic rings. The van der Waals surface area contributed by atoms with Gasteiger partial charge in [-0.25, -0.2) is 4.79 Å². The molecular formula is C15H17BrN2O3. The smallest absolute Gasteiger partial charge is 0.353 e. The van der Waals surface area contributed by atoms with Gasteiger partial charge in [-0.15, -0.1) is 0 Å². The number of halogens is 1. The minimum absolute atomic E-state index is 0.0533. The predicted octanol–water partition coefficient (Wildman–Crippen LogP) is 3.98. The van der Waals surface area contributed by atoms with Gasteiger partial charge in [-0.05, 0) is 36.1 Å². The number of carboxylic acid groups (broad SMARTS) is 1. The molecule has 112 valence electrons. The monoisotopic (exact) mass is 352 g/mol. The zero-order chi connectivity index (χ0) is 15.7. The second-order valence-electron chi connectivity index (χ2n) is 5.11. The first-order valence-corrected chi connectivity index (χ1v) is 7.32. The lowest BCUT2D eigenvalue weighted by Crippen LogP contribution is -2.00. The lowest BCUT2D eigenvalue weighted by Gasteiger charge is -2.18. The summed E-state index contributed by atoms with van der Waals surface area (Å²) in [5.41, 5.74) is 3.42. The molecule has 0 bridgehead atoms. The highest BCUT2D eigenvalue weighted by atomic mass is 79.9. The number of nitrogens with one attached hydrogen (secondary N) is 1. The van der Waals surface area contributed by atoms with Gasteiger partial charge in [0.05, 0.1) is 12.8 Å². The van der Waals surface area contributed by atoms with E-state index in [1.165, 1.54) is 6.07 Å². The Morgan fingerprint density at radius 3 is 2.57 bits per heavy atom. The number of aromatic amines is 1. The van der Waals surface area contributed by atoms with Crippen molar-refractivity contribution in [3.63, 3.8) is 0 Å². The first-order chi connectivity index (χ1) is 9.86. The van der Waals surface area contributed by atoms with Gasteiger partial charge in [0.25, 0.3) is 0 Å². The van der Waals surface area contributed by atoms with Crippen molar-refractivity contribution in [3.05, 3.63) is 33.4 Å². The first kappa shape index (κ1) is 15.6. The summed E-state index contributed by atoms with van der Waals surface area (Å²) in [5, 5.41) is 15.7. The van der Waals surface area contributed by atoms with Crippen molar-refractivity contribution in [1.82, 2.24) is 10.2 Å². The number of carboxylic acids is 1. The minimum Gasteiger partial charge on any atom is -0.496 e. The van der Waals surface area contributed by atoms with Gasteiger partial charge in [0.15, 0.2) is 0 Å². The number of aromatic nitrogens is 2. The highest BCUT2D eigenvalue weighted by molar-refractivity contribution is 9.10. The van der Waals surface area contributed by atoms with Crippen LogP contribution in [0.3, 0.4) is 0 Å². The molecule has 1 aromatic carbocycles. The molecule has 0 aliphatic heterocycles. The lowest BCUT2D eigenvalue weighted by atomic mass is 9.94. The Labute approximate surface area is 131 Å². The molecule has 0 saturated heterocycles. The fourth-order valence-electron chi connectivity index (χ4n) is 2.26. The Kier molecular flexibility index (Phi) is 4.37. The van der Waals surface area contributed by atoms with Gasteiger partial charge in [-0.1, -0.05) is 29.8 Å². The van der Waals surface area contributed by atoms with Gasteiger partial charge in [0.1, 0.15) is 11.4 Å². The topological polar surface area (TPSA) is 75.2 Å². The van der Waals surface area contributed by atoms with Crippen LogP contribution in [0.5, 0.6) is 5.75 Å². The fraction of sp³-hybridized carbons (Fsp3) is 0.333. The number of benzene rings is 1. The zero-order valence-corrected chi connectivity index (χ0v) is 13.9. The van der Waals surface area contributed by atoms with E-state index in [2.05, 4.69) is 40.0 Å². The number of H-pyrrole nitrogens is 1. The number of methoxy groups -OCH3 is 1. The lowest BCUT2D eigenvalue weighted by molar-refractivity contribution is 0.0690. The maximum atomic E-state index is 11.0. The largest absolute Gasteiger partial charge is 0.496 e. The van der Waals surface area contributed by atoms with Gasteiger partial charge in [0, 0.05) is 10.0 Å². The first-order valence-electron chi connectivity index (χ1n) is 6.52. The molecule has 0 saturated carbocycles. The number of aromatic carboxylic acids is 1. The van der Waals surface area contributed by atoms with Crippen molar-refractivity contribution in [3.8, 4) is 17.0 Å². The van der Waals surface area contributed by atoms with Gasteiger partial charge in [-0.3, -0.25) is 5.10 Å². The van der Waals surface area contributed by atoms with Crippen LogP contribution < -0.4 is 4.74 Å². The molecule has 6 heteroatoms. The normalized spacial score (nSPS) is 11.0. The third-order valence-electron chi connectivity index (χ3n) is 3.40. The molecule has 2 N–H and O–H groups in total. The van der Waals surface area contributed by atoms with Crippen LogP contribution in [0.4, 0.5) is 0 Å². The number of ether oxygens (including phenoxy) is 1. The van der Waals surface area contributed by atoms with Crippen LogP contribution in [-0.2, 0) is 0 Å². The Bertz CT molecular complexity index is 692. The Morgan fingerprint density at radius 1 is 1.43 bits per heavy atom. The molecule has 21 heavy (non-hydrogen) atoms. The highest BCUT2D eigenvalue weighted by Crippen LogP contribution is 2.42. The predicted molar refractivity (Wildman–Crippen MR) is 84.1 cm³/mol. The summed E-state index contributed by atoms with van der Waals surface area (Å²) >= 11 is 3.55. The van der Waals surface area contributed by atoms with E-state index in [1.807, 2.05) is 13.0 Å². The molecule has 0 amide bonds. The summed E-state index contributed by atoms with van der Waals surface area (Å²) in [6.07, 6.45) is 0. The maximum Gasteiger partial charge on any atom is 0.353 e. The molecule has 0 unspecified atom stereocenters. The third kappa shape index (κ3) is 2.81. The molecule has 0 radical (unpaired) electrons. The van der Waals surface area contributed by atoms with E-state index in [0.717, 1.165) is 26.9 Å². The average molecular weight is 353 g/mol. The number of carbonyl (C=O) groups is 1. The summed E-state index contributed by atoms with van der Waals surface area (Å²) < 4.78 is 6.52. The van der Waals surface area contributed by atoms with E-state index >= 15 is 0 Å². The van der Waals surface area contributed by atoms with Crippen molar-refractivity contribution in [1.29, 1.82) is 0 Å². The molecule has 0 aliphatic carbocycles. The van der Waals surface area contributed by atoms with E-state index in [1.54, 1.807) is 7.11 Å². The summed E-state index contributed by atoms with van der Waals surface area (Å²) in [5.74, 6) is -0.0351. The van der Waals surface area contributed by atoms with Crippen molar-refractivity contribution >= 4 is 21.9 Å². The average Bonchev–Trinajstić information content (AvgIpc) is 2.90. The molecule has 2 aromatic rings. The molecule has 0 fully saturated rings. The number of rotatable bonds is 4. The minimum atomic E-state index is -1.04. The van der Waals surface area contributed by atoms with Crippen molar-refractivity contribution in [2.75, 3.05) is 7.11 Å². The second-order valence-corrected chi connectivity index (χ2v) is 5.96. The van der Waals surface area contributed by atoms with Crippen LogP contribution in [0.25, 0.3) is 11.3 Å². The van der Waals surface area contributed by atoms with E-state index in [4.69, 9.17) is 9.84 Å². The summed E-state index contributed by atoms with van der Waals surface area (Å²) in [4.78, 5) is 11.0. The summed E-state index contributed by atoms with van der Waals surface area (Å²) in [7, 11) is 1.61. The van der Waals surface area contributed by atoms with Gasteiger partial charge >= 0.3 is 5.97 Å². The molecular weight excluding hydrogens is 336 g/mol. The molecule has 1 aromatic heterocycles. The van der Waals surface area contributed by atoms with Crippen LogP contribution in [0, 0.1) is 6.92 Å². The van der Waals surface area contributed by atoms with Crippen LogP contribution in [0.2, 0.25) is 0 Å². The molecule has 2 rings (SSSR count). The van der Waals surface area contributed by atoms with Crippen molar-refractivity contribution < 1.29 is 14.6 Å². The number of hydrogen-bond donors (Lipinski definition) is 2. The van der Waals surface area contributed by atoms with Crippen molar-refractivity contribution in [2.24, 2.45) is 0 Å². The zero-order valence-electron chi connectivity index (χ0n) is 12.3. The fourth-order valence-corrected chi connectivity index (χ4v) is 2.71. The SMILES string of the molecule is COc1c(C(C)C)cc(Br)c(C)c1-c1cc(C(=O)O)[nH]n1. The van der Waals surface area contributed by atoms with E-state index < -0.39 is 5.97 Å². The summed E-state index contributed by atoms with van der Waals surface area (Å²) in [6, 6.07) is 3.55. The molecule has 0 spiro atoms. The van der Waals surface area contributed by atoms with Crippen LogP contribution in [-0.4, -0.2) is 28.4 Å². The number of hydrogen-bond acceptors (Lipinski definition) is 3. The summed E-state index contributed by atoms with van der Waals surface area (Å²) in [6.45, 7) is 6.11. The molecule has 1 heterocycles. The quantitative estimate of drug-likeness (QED) is 0.872. The van der Waals surface area contributed by atoms with Crippen LogP contribution >= 0.6 is 15.9 Å². The Morgan fingerprint density at radius 2 is 2.10 bits per heavy atom. The third-order valence-corrected chi connectivity index (χ3v) is 4.22. The van der Waals surface area contributed by atoms with Gasteiger partial charge < -0.3 is 9.84 Å². The number of nitrogens with zero attached hydrogens (tertiary/aromatic N) is 1. The van der Waals surface area contributed by atoms with Crippen molar-refractivity contribution in [2.45, 2.75) is 26.7 Å². The molecule has 5 nitrogen and oxygen atoms in total. The van der Waals surface area contributed by atoms with Gasteiger partial charge in [-0.2, -0.15) is 5.10 Å². The van der Waals surface area contributed by atoms with E-state index in [0.29, 0.717) is 5.69 Å². The van der Waals surface area contributed by atoms with Crippen LogP contribution in [0.1, 0.15) is 41.4 Å². The maximum absolute atomic E-state index is 11.0. The van der Waals surface area contributed by atoms with E-state index in [-0.39, 0.29) is 11.6 Å². The Balaban J connectivity index is 2.73. The second kappa shape index (κ2) is 5.89. The highest BCUT2D eigenvalue weighted by Gasteiger charge is 2.21.